The Balaban J connectivity index is 0.000000534. The second-order valence-corrected chi connectivity index (χ2v) is 3.74. The zero-order valence-corrected chi connectivity index (χ0v) is 11.1. The Labute approximate surface area is 122 Å². The minimum Gasteiger partial charge on any atom is -0.480 e. The lowest BCUT2D eigenvalue weighted by Crippen LogP contribution is -2.21. The van der Waals surface area contributed by atoms with Crippen molar-refractivity contribution in [3.05, 3.63) is 35.4 Å². The van der Waals surface area contributed by atoms with Crippen LogP contribution in [-0.2, 0) is 14.3 Å². The highest BCUT2D eigenvalue weighted by Crippen LogP contribution is 2.14. The van der Waals surface area contributed by atoms with Gasteiger partial charge in [-0.1, -0.05) is 12.1 Å². The van der Waals surface area contributed by atoms with E-state index in [4.69, 9.17) is 20.7 Å². The number of hydrogen-bond donors (Lipinski definition) is 3. The number of carbonyl (C=O) groups is 3. The van der Waals surface area contributed by atoms with Gasteiger partial charge in [0.15, 0.2) is 0 Å². The summed E-state index contributed by atoms with van der Waals surface area (Å²) in [6.07, 6.45) is -5.08. The Morgan fingerprint density at radius 1 is 1.23 bits per heavy atom. The molecule has 0 amide bonds. The first-order valence-corrected chi connectivity index (χ1v) is 5.47. The summed E-state index contributed by atoms with van der Waals surface area (Å²) in [5.41, 5.74) is 6.05. The first-order valence-electron chi connectivity index (χ1n) is 5.47. The molecule has 1 unspecified atom stereocenters. The summed E-state index contributed by atoms with van der Waals surface area (Å²) >= 11 is 0. The lowest BCUT2D eigenvalue weighted by Gasteiger charge is -2.07. The molecule has 22 heavy (non-hydrogen) atoms. The SMILES string of the molecule is COC(=O)c1cccc(C(N)C(=O)O)c1.O=C(O)C(F)(F)F. The quantitative estimate of drug-likeness (QED) is 0.713. The van der Waals surface area contributed by atoms with Crippen molar-refractivity contribution < 1.29 is 42.5 Å². The molecule has 0 fully saturated rings. The molecule has 0 aliphatic rings. The van der Waals surface area contributed by atoms with Gasteiger partial charge in [0.2, 0.25) is 0 Å². The van der Waals surface area contributed by atoms with Gasteiger partial charge in [-0.15, -0.1) is 0 Å². The number of aliphatic carboxylic acids is 2. The van der Waals surface area contributed by atoms with Gasteiger partial charge >= 0.3 is 24.1 Å². The highest BCUT2D eigenvalue weighted by atomic mass is 19.4. The van der Waals surface area contributed by atoms with E-state index in [0.717, 1.165) is 0 Å². The van der Waals surface area contributed by atoms with Gasteiger partial charge < -0.3 is 20.7 Å². The average Bonchev–Trinajstić information content (AvgIpc) is 2.45. The molecule has 0 saturated heterocycles. The minimum absolute atomic E-state index is 0.284. The van der Waals surface area contributed by atoms with E-state index in [1.165, 1.54) is 19.2 Å². The van der Waals surface area contributed by atoms with Gasteiger partial charge in [0, 0.05) is 0 Å². The van der Waals surface area contributed by atoms with E-state index in [1.54, 1.807) is 12.1 Å². The van der Waals surface area contributed by atoms with Crippen molar-refractivity contribution in [1.82, 2.24) is 0 Å². The number of alkyl halides is 3. The number of nitrogens with two attached hydrogens (primary N) is 1. The molecule has 1 rings (SSSR count). The first-order chi connectivity index (χ1) is 10.0. The standard InChI is InChI=1S/C10H11NO4.C2HF3O2/c1-15-10(14)7-4-2-3-6(5-7)8(11)9(12)13;3-2(4,5)1(6)7/h2-5,8H,11H2,1H3,(H,12,13);(H,6,7). The lowest BCUT2D eigenvalue weighted by atomic mass is 10.0. The highest BCUT2D eigenvalue weighted by Gasteiger charge is 2.38. The molecule has 0 saturated carbocycles. The summed E-state index contributed by atoms with van der Waals surface area (Å²) in [4.78, 5) is 30.7. The van der Waals surface area contributed by atoms with Crippen LogP contribution in [0.2, 0.25) is 0 Å². The third-order valence-corrected chi connectivity index (χ3v) is 2.18. The molecule has 1 aromatic rings. The van der Waals surface area contributed by atoms with E-state index in [0.29, 0.717) is 5.56 Å². The van der Waals surface area contributed by atoms with Gasteiger partial charge in [-0.25, -0.2) is 9.59 Å². The van der Waals surface area contributed by atoms with Crippen molar-refractivity contribution in [3.63, 3.8) is 0 Å². The van der Waals surface area contributed by atoms with E-state index in [9.17, 15) is 22.8 Å². The van der Waals surface area contributed by atoms with Gasteiger partial charge in [0.25, 0.3) is 0 Å². The van der Waals surface area contributed by atoms with Crippen molar-refractivity contribution in [3.8, 4) is 0 Å². The van der Waals surface area contributed by atoms with Gasteiger partial charge in [-0.2, -0.15) is 13.2 Å². The molecule has 0 aliphatic heterocycles. The fraction of sp³-hybridized carbons (Fsp3) is 0.250. The Hall–Kier alpha value is -2.62. The molecule has 0 aromatic heterocycles. The Bertz CT molecular complexity index is 558. The number of methoxy groups -OCH3 is 1. The third-order valence-electron chi connectivity index (χ3n) is 2.18. The molecule has 1 aromatic carbocycles. The molecular formula is C12H12F3NO6. The van der Waals surface area contributed by atoms with Crippen LogP contribution in [0.4, 0.5) is 13.2 Å². The minimum atomic E-state index is -5.08. The summed E-state index contributed by atoms with van der Waals surface area (Å²) in [7, 11) is 1.26. The van der Waals surface area contributed by atoms with E-state index < -0.39 is 30.1 Å². The van der Waals surface area contributed by atoms with Crippen molar-refractivity contribution >= 4 is 17.9 Å². The van der Waals surface area contributed by atoms with Crippen LogP contribution in [0, 0.1) is 0 Å². The number of rotatable bonds is 3. The summed E-state index contributed by atoms with van der Waals surface area (Å²) in [6.45, 7) is 0. The topological polar surface area (TPSA) is 127 Å². The number of halogens is 3. The van der Waals surface area contributed by atoms with Crippen LogP contribution < -0.4 is 5.73 Å². The van der Waals surface area contributed by atoms with Crippen LogP contribution in [0.15, 0.2) is 24.3 Å². The normalized spacial score (nSPS) is 11.7. The summed E-state index contributed by atoms with van der Waals surface area (Å²) in [5.74, 6) is -4.42. The molecule has 7 nitrogen and oxygen atoms in total. The second kappa shape index (κ2) is 7.98. The van der Waals surface area contributed by atoms with E-state index >= 15 is 0 Å². The largest absolute Gasteiger partial charge is 0.490 e. The third kappa shape index (κ3) is 6.22. The molecule has 1 atom stereocenters. The zero-order valence-electron chi connectivity index (χ0n) is 11.1. The number of benzene rings is 1. The van der Waals surface area contributed by atoms with Gasteiger partial charge in [0.05, 0.1) is 12.7 Å². The molecule has 4 N–H and O–H groups in total. The van der Waals surface area contributed by atoms with Crippen molar-refractivity contribution in [1.29, 1.82) is 0 Å². The summed E-state index contributed by atoms with van der Waals surface area (Å²) in [6, 6.07) is 4.92. The molecule has 0 heterocycles. The fourth-order valence-electron chi connectivity index (χ4n) is 1.12. The number of ether oxygens (including phenoxy) is 1. The smallest absolute Gasteiger partial charge is 0.480 e. The summed E-state index contributed by atoms with van der Waals surface area (Å²) < 4.78 is 36.2. The number of carboxylic acids is 2. The maximum absolute atomic E-state index is 11.1. The predicted molar refractivity (Wildman–Crippen MR) is 66.0 cm³/mol. The number of esters is 1. The van der Waals surface area contributed by atoms with Crippen LogP contribution in [-0.4, -0.2) is 41.4 Å². The van der Waals surface area contributed by atoms with E-state index in [2.05, 4.69) is 4.74 Å². The molecule has 0 spiro atoms. The summed E-state index contributed by atoms with van der Waals surface area (Å²) in [5, 5.41) is 15.8. The average molecular weight is 323 g/mol. The van der Waals surface area contributed by atoms with Gasteiger partial charge in [-0.3, -0.25) is 4.79 Å². The fourth-order valence-corrected chi connectivity index (χ4v) is 1.12. The first kappa shape index (κ1) is 19.4. The second-order valence-electron chi connectivity index (χ2n) is 3.74. The predicted octanol–water partition coefficient (Wildman–Crippen LogP) is 1.19. The monoisotopic (exact) mass is 323 g/mol. The van der Waals surface area contributed by atoms with Crippen LogP contribution in [0.1, 0.15) is 22.0 Å². The van der Waals surface area contributed by atoms with Crippen molar-refractivity contribution in [2.45, 2.75) is 12.2 Å². The van der Waals surface area contributed by atoms with Crippen LogP contribution in [0.3, 0.4) is 0 Å². The Morgan fingerprint density at radius 3 is 2.09 bits per heavy atom. The highest BCUT2D eigenvalue weighted by molar-refractivity contribution is 5.90. The van der Waals surface area contributed by atoms with Gasteiger partial charge in [-0.05, 0) is 17.7 Å². The number of carboxylic acid groups (broad SMARTS) is 2. The number of carbonyl (C=O) groups excluding carboxylic acids is 1. The Kier molecular flexibility index (Phi) is 7.03. The molecule has 122 valence electrons. The van der Waals surface area contributed by atoms with Crippen molar-refractivity contribution in [2.24, 2.45) is 5.73 Å². The molecule has 0 aliphatic carbocycles. The zero-order chi connectivity index (χ0) is 17.5. The van der Waals surface area contributed by atoms with Gasteiger partial charge in [0.1, 0.15) is 6.04 Å². The molecule has 10 heteroatoms. The maximum Gasteiger partial charge on any atom is 0.490 e. The Morgan fingerprint density at radius 2 is 1.73 bits per heavy atom. The molecule has 0 bridgehead atoms. The maximum atomic E-state index is 11.1. The van der Waals surface area contributed by atoms with E-state index in [-0.39, 0.29) is 5.56 Å². The van der Waals surface area contributed by atoms with E-state index in [1.807, 2.05) is 0 Å². The molecule has 0 radical (unpaired) electrons. The molecular weight excluding hydrogens is 311 g/mol. The van der Waals surface area contributed by atoms with Crippen LogP contribution in [0.5, 0.6) is 0 Å². The lowest BCUT2D eigenvalue weighted by molar-refractivity contribution is -0.192. The van der Waals surface area contributed by atoms with Crippen LogP contribution in [0.25, 0.3) is 0 Å². The van der Waals surface area contributed by atoms with Crippen molar-refractivity contribution in [2.75, 3.05) is 7.11 Å². The van der Waals surface area contributed by atoms with Crippen LogP contribution >= 0.6 is 0 Å². The number of hydrogen-bond acceptors (Lipinski definition) is 5.